The van der Waals surface area contributed by atoms with E-state index in [0.29, 0.717) is 0 Å². The van der Waals surface area contributed by atoms with Crippen molar-refractivity contribution in [2.24, 2.45) is 5.92 Å². The Morgan fingerprint density at radius 2 is 1.75 bits per heavy atom. The third kappa shape index (κ3) is 2.66. The van der Waals surface area contributed by atoms with E-state index in [9.17, 15) is 15.0 Å². The Bertz CT molecular complexity index is 375. The largest absolute Gasteiger partial charge is 0.508 e. The van der Waals surface area contributed by atoms with Gasteiger partial charge in [0.1, 0.15) is 22.8 Å². The molecule has 4 nitrogen and oxygen atoms in total. The fourth-order valence-electron chi connectivity index (χ4n) is 1.45. The Labute approximate surface area is 94.2 Å². The van der Waals surface area contributed by atoms with Gasteiger partial charge in [0.15, 0.2) is 5.78 Å². The maximum Gasteiger partial charge on any atom is 0.170 e. The first-order valence-electron chi connectivity index (χ1n) is 5.23. The van der Waals surface area contributed by atoms with Gasteiger partial charge in [-0.25, -0.2) is 0 Å². The maximum absolute atomic E-state index is 11.8. The van der Waals surface area contributed by atoms with Crippen LogP contribution in [0.2, 0.25) is 0 Å². The Balaban J connectivity index is 3.00. The highest BCUT2D eigenvalue weighted by Gasteiger charge is 2.19. The molecular weight excluding hydrogens is 208 g/mol. The molecule has 0 aromatic heterocycles. The molecule has 0 fully saturated rings. The zero-order valence-corrected chi connectivity index (χ0v) is 9.40. The van der Waals surface area contributed by atoms with Crippen LogP contribution in [0.15, 0.2) is 12.1 Å². The third-order valence-electron chi connectivity index (χ3n) is 2.59. The molecule has 0 amide bonds. The molecule has 1 aromatic carbocycles. The van der Waals surface area contributed by atoms with Gasteiger partial charge in [0.05, 0.1) is 0 Å². The molecule has 0 aliphatic heterocycles. The van der Waals surface area contributed by atoms with E-state index in [0.717, 1.165) is 18.6 Å². The summed E-state index contributed by atoms with van der Waals surface area (Å²) < 4.78 is 0. The molecule has 88 valence electrons. The molecule has 4 heteroatoms. The van der Waals surface area contributed by atoms with Crippen LogP contribution in [0.25, 0.3) is 0 Å². The number of rotatable bonds is 4. The summed E-state index contributed by atoms with van der Waals surface area (Å²) in [6.07, 6.45) is 1.12. The SMILES string of the molecule is CCC(C)CC(=O)c1c(O)cc(O)cc1O. The first-order chi connectivity index (χ1) is 7.45. The van der Waals surface area contributed by atoms with Crippen LogP contribution in [-0.4, -0.2) is 21.1 Å². The van der Waals surface area contributed by atoms with E-state index >= 15 is 0 Å². The number of carbonyl (C=O) groups is 1. The second-order valence-electron chi connectivity index (χ2n) is 4.00. The van der Waals surface area contributed by atoms with Crippen molar-refractivity contribution in [2.75, 3.05) is 0 Å². The van der Waals surface area contributed by atoms with E-state index < -0.39 is 0 Å². The smallest absolute Gasteiger partial charge is 0.170 e. The van der Waals surface area contributed by atoms with Crippen molar-refractivity contribution in [2.45, 2.75) is 26.7 Å². The van der Waals surface area contributed by atoms with Gasteiger partial charge < -0.3 is 15.3 Å². The predicted octanol–water partition coefficient (Wildman–Crippen LogP) is 2.42. The van der Waals surface area contributed by atoms with Gasteiger partial charge in [-0.1, -0.05) is 20.3 Å². The lowest BCUT2D eigenvalue weighted by atomic mass is 9.96. The van der Waals surface area contributed by atoms with Crippen LogP contribution in [0.4, 0.5) is 0 Å². The van der Waals surface area contributed by atoms with Crippen LogP contribution in [0.3, 0.4) is 0 Å². The molecule has 1 rings (SSSR count). The molecule has 0 aliphatic carbocycles. The first kappa shape index (κ1) is 12.4. The van der Waals surface area contributed by atoms with Crippen molar-refractivity contribution >= 4 is 5.78 Å². The van der Waals surface area contributed by atoms with Gasteiger partial charge in [-0.15, -0.1) is 0 Å². The van der Waals surface area contributed by atoms with Crippen molar-refractivity contribution in [1.82, 2.24) is 0 Å². The maximum atomic E-state index is 11.8. The van der Waals surface area contributed by atoms with Crippen LogP contribution in [0, 0.1) is 5.92 Å². The number of phenolic OH excluding ortho intramolecular Hbond substituents is 3. The van der Waals surface area contributed by atoms with Crippen LogP contribution < -0.4 is 0 Å². The summed E-state index contributed by atoms with van der Waals surface area (Å²) in [5.74, 6) is -1.16. The Morgan fingerprint density at radius 1 is 1.25 bits per heavy atom. The van der Waals surface area contributed by atoms with E-state index in [1.807, 2.05) is 13.8 Å². The number of hydrogen-bond donors (Lipinski definition) is 3. The van der Waals surface area contributed by atoms with Crippen LogP contribution in [0.5, 0.6) is 17.2 Å². The summed E-state index contributed by atoms with van der Waals surface area (Å²) in [5, 5.41) is 28.1. The monoisotopic (exact) mass is 224 g/mol. The lowest BCUT2D eigenvalue weighted by molar-refractivity contribution is 0.0958. The highest BCUT2D eigenvalue weighted by molar-refractivity contribution is 6.01. The minimum atomic E-state index is -0.384. The van der Waals surface area contributed by atoms with E-state index in [4.69, 9.17) is 5.11 Å². The molecule has 0 saturated carbocycles. The number of benzene rings is 1. The van der Waals surface area contributed by atoms with Crippen LogP contribution >= 0.6 is 0 Å². The molecule has 1 atom stereocenters. The molecule has 0 saturated heterocycles. The summed E-state index contributed by atoms with van der Waals surface area (Å²) >= 11 is 0. The first-order valence-corrected chi connectivity index (χ1v) is 5.23. The van der Waals surface area contributed by atoms with Gasteiger partial charge in [-0.3, -0.25) is 4.79 Å². The van der Waals surface area contributed by atoms with E-state index in [1.165, 1.54) is 0 Å². The van der Waals surface area contributed by atoms with Crippen molar-refractivity contribution in [3.63, 3.8) is 0 Å². The average Bonchev–Trinajstić information content (AvgIpc) is 2.15. The summed E-state index contributed by atoms with van der Waals surface area (Å²) in [6.45, 7) is 3.89. The standard InChI is InChI=1S/C12H16O4/c1-3-7(2)4-9(14)12-10(15)5-8(13)6-11(12)16/h5-7,13,15-16H,3-4H2,1-2H3. The number of carbonyl (C=O) groups excluding carboxylic acids is 1. The van der Waals surface area contributed by atoms with Crippen molar-refractivity contribution in [1.29, 1.82) is 0 Å². The molecule has 1 aromatic rings. The number of phenols is 3. The van der Waals surface area contributed by atoms with Gasteiger partial charge in [0.2, 0.25) is 0 Å². The average molecular weight is 224 g/mol. The van der Waals surface area contributed by atoms with Crippen LogP contribution in [-0.2, 0) is 0 Å². The van der Waals surface area contributed by atoms with Gasteiger partial charge in [-0.05, 0) is 5.92 Å². The summed E-state index contributed by atoms with van der Waals surface area (Å²) in [4.78, 5) is 11.8. The second kappa shape index (κ2) is 4.88. The number of hydrogen-bond acceptors (Lipinski definition) is 4. The fourth-order valence-corrected chi connectivity index (χ4v) is 1.45. The Morgan fingerprint density at radius 3 is 2.19 bits per heavy atom. The minimum absolute atomic E-state index is 0.113. The van der Waals surface area contributed by atoms with Crippen molar-refractivity contribution in [3.05, 3.63) is 17.7 Å². The van der Waals surface area contributed by atoms with Gasteiger partial charge in [-0.2, -0.15) is 0 Å². The number of Topliss-reactive ketones (excluding diaryl/α,β-unsaturated/α-hetero) is 1. The summed E-state index contributed by atoms with van der Waals surface area (Å²) in [6, 6.07) is 2.09. The molecule has 0 aliphatic rings. The quantitative estimate of drug-likeness (QED) is 0.686. The molecule has 0 bridgehead atoms. The van der Waals surface area contributed by atoms with E-state index in [2.05, 4.69) is 0 Å². The Hall–Kier alpha value is -1.71. The molecule has 1 unspecified atom stereocenters. The van der Waals surface area contributed by atoms with Gasteiger partial charge in [0.25, 0.3) is 0 Å². The van der Waals surface area contributed by atoms with E-state index in [1.54, 1.807) is 0 Å². The fraction of sp³-hybridized carbons (Fsp3) is 0.417. The number of ketones is 1. The zero-order chi connectivity index (χ0) is 12.3. The Kier molecular flexibility index (Phi) is 3.77. The molecule has 16 heavy (non-hydrogen) atoms. The zero-order valence-electron chi connectivity index (χ0n) is 9.40. The summed E-state index contributed by atoms with van der Waals surface area (Å²) in [7, 11) is 0. The highest BCUT2D eigenvalue weighted by atomic mass is 16.3. The van der Waals surface area contributed by atoms with E-state index in [-0.39, 0.29) is 40.9 Å². The number of aromatic hydroxyl groups is 3. The van der Waals surface area contributed by atoms with Crippen molar-refractivity contribution < 1.29 is 20.1 Å². The second-order valence-corrected chi connectivity index (χ2v) is 4.00. The molecule has 0 radical (unpaired) electrons. The molecule has 3 N–H and O–H groups in total. The lowest BCUT2D eigenvalue weighted by Crippen LogP contribution is -2.06. The van der Waals surface area contributed by atoms with Crippen molar-refractivity contribution in [3.8, 4) is 17.2 Å². The third-order valence-corrected chi connectivity index (χ3v) is 2.59. The van der Waals surface area contributed by atoms with Crippen LogP contribution in [0.1, 0.15) is 37.0 Å². The van der Waals surface area contributed by atoms with Gasteiger partial charge >= 0.3 is 0 Å². The minimum Gasteiger partial charge on any atom is -0.508 e. The molecule has 0 spiro atoms. The highest BCUT2D eigenvalue weighted by Crippen LogP contribution is 2.33. The topological polar surface area (TPSA) is 77.8 Å². The van der Waals surface area contributed by atoms with Gasteiger partial charge in [0, 0.05) is 18.6 Å². The predicted molar refractivity (Wildman–Crippen MR) is 59.8 cm³/mol. The normalized spacial score (nSPS) is 12.4. The molecule has 0 heterocycles. The lowest BCUT2D eigenvalue weighted by Gasteiger charge is -2.10. The molecular formula is C12H16O4. The summed E-state index contributed by atoms with van der Waals surface area (Å²) in [5.41, 5.74) is -0.113.